The summed E-state index contributed by atoms with van der Waals surface area (Å²) in [6.45, 7) is 17.5. The molecular weight excluding hydrogens is 632 g/mol. The Morgan fingerprint density at radius 3 is 1.90 bits per heavy atom. The number of anilines is 1. The van der Waals surface area contributed by atoms with Crippen LogP contribution in [0.25, 0.3) is 10.5 Å². The predicted octanol–water partition coefficient (Wildman–Crippen LogP) is 6.44. The fourth-order valence-electron chi connectivity index (χ4n) is 5.74. The zero-order valence-electron chi connectivity index (χ0n) is 27.2. The number of fused-ring (bicyclic) bond motifs is 1. The summed E-state index contributed by atoms with van der Waals surface area (Å²) in [5.41, 5.74) is 2.36. The molecule has 0 spiro atoms. The Balaban J connectivity index is 0.000000213. The fourth-order valence-corrected chi connectivity index (χ4v) is 5.74. The summed E-state index contributed by atoms with van der Waals surface area (Å²) in [6, 6.07) is 5.45. The zero-order chi connectivity index (χ0) is 36.3. The number of ketones is 4. The van der Waals surface area contributed by atoms with Crippen LogP contribution in [0, 0.1) is 64.8 Å². The molecule has 0 aliphatic heterocycles. The molecule has 1 saturated carbocycles. The van der Waals surface area contributed by atoms with Crippen LogP contribution in [0.15, 0.2) is 24.3 Å². The van der Waals surface area contributed by atoms with E-state index in [9.17, 15) is 36.7 Å². The normalized spacial score (nSPS) is 16.3. The number of hydrazine groups is 1. The van der Waals surface area contributed by atoms with Crippen LogP contribution in [0.1, 0.15) is 81.2 Å². The maximum atomic E-state index is 13.9. The monoisotopic (exact) mass is 666 g/mol. The van der Waals surface area contributed by atoms with Gasteiger partial charge in [-0.2, -0.15) is 10.4 Å². The van der Waals surface area contributed by atoms with Gasteiger partial charge in [-0.1, -0.05) is 27.7 Å². The molecule has 14 heteroatoms. The minimum atomic E-state index is -0.965. The molecule has 0 unspecified atom stereocenters. The third-order valence-electron chi connectivity index (χ3n) is 7.75. The van der Waals surface area contributed by atoms with Crippen molar-refractivity contribution in [3.63, 3.8) is 0 Å². The molecular formula is C34H34F4N6O4. The number of carbonyl (C=O) groups excluding carboxylic acids is 4. The number of nitrogen functional groups attached to an aromatic ring is 1. The van der Waals surface area contributed by atoms with Crippen LogP contribution in [0.4, 0.5) is 28.9 Å². The van der Waals surface area contributed by atoms with Gasteiger partial charge in [0.05, 0.1) is 34.9 Å². The number of benzene rings is 2. The molecule has 0 atom stereocenters. The minimum absolute atomic E-state index is 0.00118. The van der Waals surface area contributed by atoms with Gasteiger partial charge in [0.15, 0.2) is 17.3 Å². The second-order valence-corrected chi connectivity index (χ2v) is 13.2. The number of rotatable bonds is 3. The van der Waals surface area contributed by atoms with Crippen molar-refractivity contribution < 1.29 is 36.7 Å². The molecule has 0 radical (unpaired) electrons. The molecule has 2 aliphatic rings. The van der Waals surface area contributed by atoms with E-state index in [1.807, 2.05) is 27.7 Å². The Kier molecular flexibility index (Phi) is 11.1. The van der Waals surface area contributed by atoms with Gasteiger partial charge in [0.2, 0.25) is 0 Å². The van der Waals surface area contributed by atoms with E-state index in [4.69, 9.17) is 17.7 Å². The molecule has 3 aromatic rings. The van der Waals surface area contributed by atoms with E-state index in [1.165, 1.54) is 17.7 Å². The summed E-state index contributed by atoms with van der Waals surface area (Å²) >= 11 is 0. The number of nitriles is 1. The van der Waals surface area contributed by atoms with Crippen LogP contribution in [-0.2, 0) is 20.8 Å². The largest absolute Gasteiger partial charge is 0.324 e. The Hall–Kier alpha value is -5.21. The first-order chi connectivity index (χ1) is 22.2. The number of aromatic nitrogens is 2. The Morgan fingerprint density at radius 1 is 0.958 bits per heavy atom. The van der Waals surface area contributed by atoms with E-state index in [0.29, 0.717) is 42.6 Å². The second-order valence-electron chi connectivity index (χ2n) is 13.2. The molecule has 48 heavy (non-hydrogen) atoms. The van der Waals surface area contributed by atoms with Crippen molar-refractivity contribution in [2.45, 2.75) is 67.2 Å². The zero-order valence-corrected chi connectivity index (χ0v) is 27.2. The molecule has 3 N–H and O–H groups in total. The van der Waals surface area contributed by atoms with Gasteiger partial charge in [0, 0.05) is 19.3 Å². The van der Waals surface area contributed by atoms with Gasteiger partial charge >= 0.3 is 0 Å². The topological polar surface area (TPSA) is 152 Å². The SMILES string of the molecule is CC(=O)C1C(=O)CC(C)(C)CC1=O.N#Cc1c(F)cc(NN)cc1F.[C-]#[N+]c1c(F)cc(-n2nc(C)c3c2CC(C)(C)CC3=O)cc1F. The standard InChI is InChI=1S/C17H15F2N3O.C10H14O3.C7H5F2N3/c1-9-15-13(7-17(2,3)8-14(15)23)22(21-9)10-5-11(18)16(20-4)12(19)6-10;1-6(11)9-7(12)4-10(2,3)5-8(9)13;8-6-1-4(12-11)2-7(9)5(6)3-10/h5-6H,7-8H2,1-3H3;9H,4-5H2,1-3H3;1-2,12H,11H2. The number of hydrogen-bond donors (Lipinski definition) is 2. The van der Waals surface area contributed by atoms with Gasteiger partial charge in [0.1, 0.15) is 46.6 Å². The lowest BCUT2D eigenvalue weighted by Gasteiger charge is -2.30. The molecule has 1 aromatic heterocycles. The van der Waals surface area contributed by atoms with Gasteiger partial charge in [-0.25, -0.2) is 27.1 Å². The number of Topliss-reactive ketones (excluding diaryl/α,β-unsaturated/α-hetero) is 4. The second kappa shape index (κ2) is 14.3. The summed E-state index contributed by atoms with van der Waals surface area (Å²) in [7, 11) is 0. The van der Waals surface area contributed by atoms with Gasteiger partial charge in [-0.3, -0.25) is 25.0 Å². The average Bonchev–Trinajstić information content (AvgIpc) is 3.27. The molecule has 1 fully saturated rings. The number of nitrogens with two attached hydrogens (primary N) is 1. The van der Waals surface area contributed by atoms with Gasteiger partial charge in [0.25, 0.3) is 5.69 Å². The Morgan fingerprint density at radius 2 is 1.46 bits per heavy atom. The maximum Gasteiger partial charge on any atom is 0.256 e. The lowest BCUT2D eigenvalue weighted by molar-refractivity contribution is -0.144. The van der Waals surface area contributed by atoms with E-state index < -0.39 is 40.4 Å². The third kappa shape index (κ3) is 8.19. The number of halogens is 4. The first-order valence-electron chi connectivity index (χ1n) is 14.7. The van der Waals surface area contributed by atoms with Gasteiger partial charge in [-0.05, 0) is 55.4 Å². The molecule has 0 saturated heterocycles. The summed E-state index contributed by atoms with van der Waals surface area (Å²) in [5, 5.41) is 12.6. The first-order valence-corrected chi connectivity index (χ1v) is 14.7. The van der Waals surface area contributed by atoms with Crippen LogP contribution in [-0.4, -0.2) is 32.9 Å². The number of nitrogens with zero attached hydrogens (tertiary/aromatic N) is 4. The third-order valence-corrected chi connectivity index (χ3v) is 7.75. The van der Waals surface area contributed by atoms with Gasteiger partial charge in [-0.15, -0.1) is 0 Å². The lowest BCUT2D eigenvalue weighted by atomic mass is 9.70. The maximum absolute atomic E-state index is 13.9. The molecule has 2 aliphatic carbocycles. The molecule has 0 bridgehead atoms. The molecule has 2 aromatic carbocycles. The summed E-state index contributed by atoms with van der Waals surface area (Å²) < 4.78 is 54.7. The minimum Gasteiger partial charge on any atom is -0.324 e. The number of aryl methyl sites for hydroxylation is 1. The van der Waals surface area contributed by atoms with Crippen LogP contribution in [0.3, 0.4) is 0 Å². The first kappa shape index (κ1) is 37.2. The van der Waals surface area contributed by atoms with Crippen molar-refractivity contribution in [1.82, 2.24) is 9.78 Å². The number of hydrogen-bond acceptors (Lipinski definition) is 8. The average molecular weight is 667 g/mol. The van der Waals surface area contributed by atoms with E-state index >= 15 is 0 Å². The molecule has 0 amide bonds. The van der Waals surface area contributed by atoms with Crippen LogP contribution in [0.5, 0.6) is 0 Å². The highest BCUT2D eigenvalue weighted by Crippen LogP contribution is 2.38. The van der Waals surface area contributed by atoms with Crippen molar-refractivity contribution in [2.24, 2.45) is 22.6 Å². The fraction of sp³-hybridized carbons (Fsp3) is 0.382. The number of nitrogens with one attached hydrogen (secondary N) is 1. The predicted molar refractivity (Wildman–Crippen MR) is 167 cm³/mol. The highest BCUT2D eigenvalue weighted by Gasteiger charge is 2.41. The van der Waals surface area contributed by atoms with E-state index in [-0.39, 0.29) is 45.3 Å². The quantitative estimate of drug-likeness (QED) is 0.107. The van der Waals surface area contributed by atoms with Crippen molar-refractivity contribution in [3.8, 4) is 11.8 Å². The van der Waals surface area contributed by atoms with E-state index in [0.717, 1.165) is 24.3 Å². The van der Waals surface area contributed by atoms with Crippen molar-refractivity contribution in [1.29, 1.82) is 5.26 Å². The Labute approximate surface area is 274 Å². The van der Waals surface area contributed by atoms with Crippen LogP contribution in [0.2, 0.25) is 0 Å². The summed E-state index contributed by atoms with van der Waals surface area (Å²) in [5.74, 6) is -0.511. The Bertz CT molecular complexity index is 1840. The smallest absolute Gasteiger partial charge is 0.256 e. The van der Waals surface area contributed by atoms with Crippen molar-refractivity contribution >= 4 is 34.5 Å². The molecule has 5 rings (SSSR count). The highest BCUT2D eigenvalue weighted by molar-refractivity contribution is 6.20. The van der Waals surface area contributed by atoms with E-state index in [2.05, 4.69) is 15.4 Å². The van der Waals surface area contributed by atoms with Gasteiger partial charge < -0.3 is 5.43 Å². The summed E-state index contributed by atoms with van der Waals surface area (Å²) in [4.78, 5) is 49.0. The van der Waals surface area contributed by atoms with Crippen molar-refractivity contribution in [3.05, 3.63) is 81.5 Å². The number of carbonyl (C=O) groups is 4. The van der Waals surface area contributed by atoms with Crippen molar-refractivity contribution in [2.75, 3.05) is 5.43 Å². The lowest BCUT2D eigenvalue weighted by Crippen LogP contribution is -2.40. The molecule has 252 valence electrons. The van der Waals surface area contributed by atoms with Crippen LogP contribution >= 0.6 is 0 Å². The highest BCUT2D eigenvalue weighted by atomic mass is 19.1. The van der Waals surface area contributed by atoms with Crippen LogP contribution < -0.4 is 11.3 Å². The molecule has 10 nitrogen and oxygen atoms in total. The van der Waals surface area contributed by atoms with E-state index in [1.54, 1.807) is 6.92 Å². The molecule has 1 heterocycles. The summed E-state index contributed by atoms with van der Waals surface area (Å²) in [6.07, 6.45) is 1.68.